The number of benzene rings is 3. The van der Waals surface area contributed by atoms with Crippen LogP contribution in [0.25, 0.3) is 0 Å². The van der Waals surface area contributed by atoms with E-state index in [1.54, 1.807) is 0 Å². The lowest BCUT2D eigenvalue weighted by Gasteiger charge is -2.44. The predicted molar refractivity (Wildman–Crippen MR) is 139 cm³/mol. The molecule has 0 aromatic heterocycles. The van der Waals surface area contributed by atoms with Gasteiger partial charge < -0.3 is 19.0 Å². The Morgan fingerprint density at radius 1 is 0.794 bits per heavy atom. The summed E-state index contributed by atoms with van der Waals surface area (Å²) < 4.78 is 18.6. The lowest BCUT2D eigenvalue weighted by Crippen LogP contribution is -2.53. The van der Waals surface area contributed by atoms with Crippen LogP contribution in [-0.4, -0.2) is 26.9 Å². The van der Waals surface area contributed by atoms with Crippen LogP contribution in [0.2, 0.25) is 13.1 Å². The van der Waals surface area contributed by atoms with Crippen LogP contribution in [0.15, 0.2) is 84.9 Å². The number of hydrogen-bond acceptors (Lipinski definition) is 4. The molecule has 1 N–H and O–H groups in total. The maximum absolute atomic E-state index is 12.2. The van der Waals surface area contributed by atoms with E-state index in [0.717, 1.165) is 16.7 Å². The number of hydrogen-bond donors (Lipinski definition) is 1. The molecule has 2 unspecified atom stereocenters. The first-order chi connectivity index (χ1) is 16.2. The summed E-state index contributed by atoms with van der Waals surface area (Å²) in [7, 11) is -1.08. The van der Waals surface area contributed by atoms with Gasteiger partial charge in [-0.05, 0) is 47.3 Å². The minimum atomic E-state index is -1.35. The van der Waals surface area contributed by atoms with Gasteiger partial charge in [-0.1, -0.05) is 93.6 Å². The van der Waals surface area contributed by atoms with Gasteiger partial charge in [0.1, 0.15) is 18.0 Å². The second kappa shape index (κ2) is 11.8. The van der Waals surface area contributed by atoms with Crippen LogP contribution < -0.4 is 4.74 Å². The van der Waals surface area contributed by atoms with E-state index in [0.29, 0.717) is 19.0 Å². The quantitative estimate of drug-likeness (QED) is 0.327. The summed E-state index contributed by atoms with van der Waals surface area (Å²) in [5, 5.41) is 12.2. The van der Waals surface area contributed by atoms with E-state index < -0.39 is 20.7 Å². The monoisotopic (exact) mass is 477 g/mol. The van der Waals surface area contributed by atoms with Crippen molar-refractivity contribution in [2.75, 3.05) is 6.61 Å². The van der Waals surface area contributed by atoms with E-state index in [-0.39, 0.29) is 12.0 Å². The fourth-order valence-electron chi connectivity index (χ4n) is 4.03. The van der Waals surface area contributed by atoms with E-state index in [1.807, 2.05) is 84.9 Å². The molecule has 0 bridgehead atoms. The highest BCUT2D eigenvalue weighted by atomic mass is 28.3. The average molecular weight is 478 g/mol. The number of aliphatic hydroxyl groups is 1. The number of rotatable bonds is 11. The van der Waals surface area contributed by atoms with Crippen LogP contribution in [0.4, 0.5) is 0 Å². The van der Waals surface area contributed by atoms with Gasteiger partial charge in [0, 0.05) is 0 Å². The summed E-state index contributed by atoms with van der Waals surface area (Å²) in [6.45, 7) is 11.5. The Morgan fingerprint density at radius 2 is 1.38 bits per heavy atom. The normalized spacial score (nSPS) is 14.6. The third kappa shape index (κ3) is 7.28. The molecule has 0 aliphatic carbocycles. The molecular formula is C29H37O4Si. The van der Waals surface area contributed by atoms with Crippen molar-refractivity contribution in [2.24, 2.45) is 5.41 Å². The molecule has 5 heteroatoms. The highest BCUT2D eigenvalue weighted by molar-refractivity contribution is 6.48. The lowest BCUT2D eigenvalue weighted by molar-refractivity contribution is -0.153. The zero-order chi connectivity index (χ0) is 24.6. The van der Waals surface area contributed by atoms with Gasteiger partial charge >= 0.3 is 0 Å². The Hall–Kier alpha value is -2.44. The summed E-state index contributed by atoms with van der Waals surface area (Å²) in [5.41, 5.74) is 1.23. The molecule has 0 spiro atoms. The van der Waals surface area contributed by atoms with Gasteiger partial charge in [-0.2, -0.15) is 0 Å². The molecule has 2 atom stereocenters. The third-order valence-corrected chi connectivity index (χ3v) is 6.30. The van der Waals surface area contributed by atoms with Crippen LogP contribution in [0.5, 0.6) is 5.75 Å². The molecule has 0 aliphatic heterocycles. The van der Waals surface area contributed by atoms with Crippen LogP contribution in [0.3, 0.4) is 0 Å². The molecule has 0 saturated carbocycles. The first-order valence-corrected chi connectivity index (χ1v) is 14.2. The topological polar surface area (TPSA) is 47.9 Å². The fraction of sp³-hybridized carbons (Fsp3) is 0.379. The van der Waals surface area contributed by atoms with Crippen LogP contribution in [0.1, 0.15) is 37.5 Å². The molecule has 0 aliphatic rings. The largest absolute Gasteiger partial charge is 0.489 e. The highest BCUT2D eigenvalue weighted by Gasteiger charge is 2.46. The maximum atomic E-state index is 12.2. The smallest absolute Gasteiger partial charge is 0.205 e. The molecule has 4 nitrogen and oxygen atoms in total. The summed E-state index contributed by atoms with van der Waals surface area (Å²) >= 11 is 0. The zero-order valence-electron chi connectivity index (χ0n) is 21.0. The van der Waals surface area contributed by atoms with Gasteiger partial charge in [0.2, 0.25) is 9.04 Å². The summed E-state index contributed by atoms with van der Waals surface area (Å²) in [6.07, 6.45) is -0.455. The van der Waals surface area contributed by atoms with Crippen molar-refractivity contribution in [3.8, 4) is 5.75 Å². The third-order valence-electron chi connectivity index (χ3n) is 5.59. The fourth-order valence-corrected chi connectivity index (χ4v) is 5.05. The van der Waals surface area contributed by atoms with Gasteiger partial charge in [0.15, 0.2) is 0 Å². The second-order valence-corrected chi connectivity index (χ2v) is 12.0. The minimum Gasteiger partial charge on any atom is -0.489 e. The van der Waals surface area contributed by atoms with Gasteiger partial charge in [0.25, 0.3) is 0 Å². The minimum absolute atomic E-state index is 0.112. The van der Waals surface area contributed by atoms with Crippen LogP contribution in [-0.2, 0) is 28.0 Å². The Kier molecular flexibility index (Phi) is 9.08. The summed E-state index contributed by atoms with van der Waals surface area (Å²) in [5.74, 6) is 0.703. The molecule has 3 rings (SSSR count). The molecule has 1 radical (unpaired) electrons. The highest BCUT2D eigenvalue weighted by Crippen LogP contribution is 2.39. The van der Waals surface area contributed by atoms with Crippen molar-refractivity contribution in [1.29, 1.82) is 0 Å². The Bertz CT molecular complexity index is 1000. The standard InChI is InChI=1S/C29H37O4Si/c1-28(2,3)27(33-34(4)5)29(30,22-31-20-23-13-8-6-9-14-23)25-17-12-18-26(19-25)32-21-24-15-10-7-11-16-24/h6-19,27,30H,20-22H2,1-5H3. The Balaban J connectivity index is 1.88. The van der Waals surface area contributed by atoms with Gasteiger partial charge in [-0.3, -0.25) is 0 Å². The zero-order valence-corrected chi connectivity index (χ0v) is 22.0. The summed E-state index contributed by atoms with van der Waals surface area (Å²) in [4.78, 5) is 0. The van der Waals surface area contributed by atoms with E-state index in [9.17, 15) is 5.11 Å². The first-order valence-electron chi connectivity index (χ1n) is 11.8. The molecule has 0 amide bonds. The Morgan fingerprint density at radius 3 is 1.94 bits per heavy atom. The SMILES string of the molecule is C[Si](C)OC(C(C)(C)C)C(O)(COCc1ccccc1)c1cccc(OCc2ccccc2)c1. The van der Waals surface area contributed by atoms with Crippen molar-refractivity contribution < 1.29 is 19.0 Å². The van der Waals surface area contributed by atoms with Crippen molar-refractivity contribution in [1.82, 2.24) is 0 Å². The second-order valence-electron chi connectivity index (χ2n) is 9.98. The predicted octanol–water partition coefficient (Wildman–Crippen LogP) is 6.35. The maximum Gasteiger partial charge on any atom is 0.205 e. The molecular weight excluding hydrogens is 440 g/mol. The van der Waals surface area contributed by atoms with Gasteiger partial charge in [0.05, 0.1) is 19.3 Å². The first kappa shape index (κ1) is 26.2. The molecule has 34 heavy (non-hydrogen) atoms. The van der Waals surface area contributed by atoms with Gasteiger partial charge in [-0.25, -0.2) is 0 Å². The van der Waals surface area contributed by atoms with Gasteiger partial charge in [-0.15, -0.1) is 0 Å². The lowest BCUT2D eigenvalue weighted by atomic mass is 9.75. The molecule has 0 heterocycles. The molecule has 3 aromatic rings. The van der Waals surface area contributed by atoms with Crippen LogP contribution >= 0.6 is 0 Å². The average Bonchev–Trinajstić information content (AvgIpc) is 2.82. The van der Waals surface area contributed by atoms with Crippen molar-refractivity contribution in [3.63, 3.8) is 0 Å². The molecule has 181 valence electrons. The molecule has 0 saturated heterocycles. The van der Waals surface area contributed by atoms with Crippen molar-refractivity contribution >= 4 is 9.04 Å². The van der Waals surface area contributed by atoms with E-state index in [1.165, 1.54) is 0 Å². The Labute approximate surface area is 206 Å². The van der Waals surface area contributed by atoms with Crippen LogP contribution in [0, 0.1) is 5.41 Å². The van der Waals surface area contributed by atoms with Crippen molar-refractivity contribution in [3.05, 3.63) is 102 Å². The van der Waals surface area contributed by atoms with E-state index in [2.05, 4.69) is 33.9 Å². The van der Waals surface area contributed by atoms with E-state index in [4.69, 9.17) is 13.9 Å². The van der Waals surface area contributed by atoms with Crippen molar-refractivity contribution in [2.45, 2.75) is 58.8 Å². The number of ether oxygens (including phenoxy) is 2. The summed E-state index contributed by atoms with van der Waals surface area (Å²) in [6, 6.07) is 27.7. The van der Waals surface area contributed by atoms with E-state index >= 15 is 0 Å². The molecule has 0 fully saturated rings. The molecule has 3 aromatic carbocycles.